The molecule has 5 heterocycles. The summed E-state index contributed by atoms with van der Waals surface area (Å²) in [7, 11) is 0. The lowest BCUT2D eigenvalue weighted by Gasteiger charge is -2.25. The van der Waals surface area contributed by atoms with Crippen LogP contribution in [0.4, 0.5) is 0 Å². The molecule has 3 N–H and O–H groups in total. The van der Waals surface area contributed by atoms with Crippen LogP contribution in [0.25, 0.3) is 20.4 Å². The molecule has 4 aromatic rings. The quantitative estimate of drug-likeness (QED) is 0.505. The van der Waals surface area contributed by atoms with Crippen molar-refractivity contribution in [2.24, 2.45) is 5.73 Å². The molecule has 0 radical (unpaired) electrons. The Hall–Kier alpha value is -3.70. The highest BCUT2D eigenvalue weighted by atomic mass is 32.1. The van der Waals surface area contributed by atoms with E-state index in [0.29, 0.717) is 22.4 Å². The topological polar surface area (TPSA) is 118 Å². The van der Waals surface area contributed by atoms with Crippen molar-refractivity contribution < 1.29 is 4.74 Å². The molecule has 142 valence electrons. The largest absolute Gasteiger partial charge is 0.438 e. The van der Waals surface area contributed by atoms with Gasteiger partial charge in [-0.2, -0.15) is 5.26 Å². The number of nitriles is 1. The molecule has 29 heavy (non-hydrogen) atoms. The SMILES string of the molecule is Cc1cc(C)c2c(n1)sc1c3c(c(=O)[nH]c12)C(c1cccnc1)C(C#N)=C(N)O3. The first-order valence-electron chi connectivity index (χ1n) is 8.93. The molecular weight excluding hydrogens is 386 g/mol. The van der Waals surface area contributed by atoms with E-state index in [2.05, 4.69) is 21.0 Å². The van der Waals surface area contributed by atoms with E-state index >= 15 is 0 Å². The second-order valence-corrected chi connectivity index (χ2v) is 7.97. The van der Waals surface area contributed by atoms with Gasteiger partial charge >= 0.3 is 0 Å². The molecule has 0 bridgehead atoms. The summed E-state index contributed by atoms with van der Waals surface area (Å²) in [6, 6.07) is 7.66. The number of nitrogens with zero attached hydrogens (tertiary/aromatic N) is 3. The number of allylic oxidation sites excluding steroid dienone is 1. The number of nitrogens with one attached hydrogen (secondary N) is 1. The Morgan fingerprint density at radius 1 is 1.38 bits per heavy atom. The third-order valence-electron chi connectivity index (χ3n) is 5.11. The summed E-state index contributed by atoms with van der Waals surface area (Å²) in [5, 5.41) is 10.6. The van der Waals surface area contributed by atoms with E-state index in [-0.39, 0.29) is 17.0 Å². The molecule has 4 aromatic heterocycles. The van der Waals surface area contributed by atoms with Gasteiger partial charge in [0.2, 0.25) is 5.88 Å². The van der Waals surface area contributed by atoms with Crippen molar-refractivity contribution in [3.63, 3.8) is 0 Å². The number of aromatic nitrogens is 3. The minimum Gasteiger partial charge on any atom is -0.438 e. The van der Waals surface area contributed by atoms with Crippen LogP contribution in [0.5, 0.6) is 5.75 Å². The maximum Gasteiger partial charge on any atom is 0.256 e. The van der Waals surface area contributed by atoms with E-state index in [4.69, 9.17) is 10.5 Å². The van der Waals surface area contributed by atoms with Crippen molar-refractivity contribution >= 4 is 31.8 Å². The zero-order chi connectivity index (χ0) is 20.3. The summed E-state index contributed by atoms with van der Waals surface area (Å²) in [6.07, 6.45) is 3.27. The molecule has 0 saturated carbocycles. The summed E-state index contributed by atoms with van der Waals surface area (Å²) < 4.78 is 6.61. The van der Waals surface area contributed by atoms with Gasteiger partial charge in [-0.3, -0.25) is 9.78 Å². The molecule has 1 aliphatic heterocycles. The highest BCUT2D eigenvalue weighted by Gasteiger charge is 2.35. The van der Waals surface area contributed by atoms with Crippen LogP contribution in [0.1, 0.15) is 28.3 Å². The van der Waals surface area contributed by atoms with Crippen molar-refractivity contribution in [3.8, 4) is 11.8 Å². The number of hydrogen-bond acceptors (Lipinski definition) is 7. The maximum absolute atomic E-state index is 13.2. The summed E-state index contributed by atoms with van der Waals surface area (Å²) in [4.78, 5) is 25.8. The maximum atomic E-state index is 13.2. The number of H-pyrrole nitrogens is 1. The highest BCUT2D eigenvalue weighted by Crippen LogP contribution is 2.46. The first-order valence-corrected chi connectivity index (χ1v) is 9.75. The molecule has 0 amide bonds. The summed E-state index contributed by atoms with van der Waals surface area (Å²) in [5.74, 6) is -0.264. The average Bonchev–Trinajstić information content (AvgIpc) is 3.06. The number of thiophene rings is 1. The summed E-state index contributed by atoms with van der Waals surface area (Å²) in [5.41, 5.74) is 9.65. The number of rotatable bonds is 1. The molecule has 1 aliphatic rings. The monoisotopic (exact) mass is 401 g/mol. The molecule has 1 atom stereocenters. The van der Waals surface area contributed by atoms with E-state index in [1.165, 1.54) is 11.3 Å². The smallest absolute Gasteiger partial charge is 0.256 e. The molecule has 0 aromatic carbocycles. The highest BCUT2D eigenvalue weighted by molar-refractivity contribution is 7.25. The summed E-state index contributed by atoms with van der Waals surface area (Å²) in [6.45, 7) is 3.92. The fourth-order valence-electron chi connectivity index (χ4n) is 3.94. The number of aryl methyl sites for hydroxylation is 2. The van der Waals surface area contributed by atoms with Gasteiger partial charge in [-0.15, -0.1) is 11.3 Å². The second kappa shape index (κ2) is 6.15. The predicted octanol–water partition coefficient (Wildman–Crippen LogP) is 3.37. The van der Waals surface area contributed by atoms with Gasteiger partial charge in [0.05, 0.1) is 21.7 Å². The molecular formula is C21H15N5O2S. The molecule has 0 saturated heterocycles. The fourth-order valence-corrected chi connectivity index (χ4v) is 5.19. The van der Waals surface area contributed by atoms with Crippen LogP contribution >= 0.6 is 11.3 Å². The van der Waals surface area contributed by atoms with Crippen LogP contribution in [0, 0.1) is 25.2 Å². The average molecular weight is 401 g/mol. The number of ether oxygens (including phenoxy) is 1. The molecule has 0 spiro atoms. The van der Waals surface area contributed by atoms with E-state index < -0.39 is 5.92 Å². The Balaban J connectivity index is 1.91. The van der Waals surface area contributed by atoms with Crippen molar-refractivity contribution in [2.45, 2.75) is 19.8 Å². The minimum absolute atomic E-state index is 0.000860. The lowest BCUT2D eigenvalue weighted by atomic mass is 9.85. The van der Waals surface area contributed by atoms with Gasteiger partial charge in [0, 0.05) is 23.5 Å². The van der Waals surface area contributed by atoms with Crippen molar-refractivity contribution in [3.05, 3.63) is 74.8 Å². The van der Waals surface area contributed by atoms with Gasteiger partial charge in [-0.05, 0) is 37.1 Å². The third kappa shape index (κ3) is 2.45. The molecule has 8 heteroatoms. The zero-order valence-electron chi connectivity index (χ0n) is 15.6. The van der Waals surface area contributed by atoms with E-state index in [9.17, 15) is 10.1 Å². The van der Waals surface area contributed by atoms with Crippen LogP contribution in [0.2, 0.25) is 0 Å². The lowest BCUT2D eigenvalue weighted by Crippen LogP contribution is -2.27. The van der Waals surface area contributed by atoms with E-state index in [1.807, 2.05) is 26.0 Å². The lowest BCUT2D eigenvalue weighted by molar-refractivity contribution is 0.397. The molecule has 5 rings (SSSR count). The van der Waals surface area contributed by atoms with Crippen molar-refractivity contribution in [1.82, 2.24) is 15.0 Å². The first kappa shape index (κ1) is 17.4. The van der Waals surface area contributed by atoms with Crippen LogP contribution in [-0.2, 0) is 0 Å². The Bertz CT molecular complexity index is 1440. The number of hydrogen-bond donors (Lipinski definition) is 2. The van der Waals surface area contributed by atoms with Crippen LogP contribution in [0.15, 0.2) is 46.8 Å². The second-order valence-electron chi connectivity index (χ2n) is 6.97. The number of aromatic amines is 1. The zero-order valence-corrected chi connectivity index (χ0v) is 16.4. The number of nitrogens with two attached hydrogens (primary N) is 1. The number of pyridine rings is 3. The third-order valence-corrected chi connectivity index (χ3v) is 6.20. The van der Waals surface area contributed by atoms with E-state index in [0.717, 1.165) is 26.2 Å². The Kier molecular flexibility index (Phi) is 3.69. The Morgan fingerprint density at radius 3 is 2.93 bits per heavy atom. The normalized spacial score (nSPS) is 16.0. The van der Waals surface area contributed by atoms with Gasteiger partial charge in [-0.25, -0.2) is 4.98 Å². The van der Waals surface area contributed by atoms with Crippen LogP contribution in [0.3, 0.4) is 0 Å². The van der Waals surface area contributed by atoms with Crippen LogP contribution in [-0.4, -0.2) is 15.0 Å². The van der Waals surface area contributed by atoms with Crippen LogP contribution < -0.4 is 16.0 Å². The summed E-state index contributed by atoms with van der Waals surface area (Å²) >= 11 is 1.44. The molecule has 1 unspecified atom stereocenters. The van der Waals surface area contributed by atoms with Gasteiger partial charge in [0.1, 0.15) is 16.5 Å². The minimum atomic E-state index is -0.647. The predicted molar refractivity (Wildman–Crippen MR) is 111 cm³/mol. The molecule has 7 nitrogen and oxygen atoms in total. The standard InChI is InChI=1S/C21H15N5O2S/c1-9-6-10(2)25-21-13(9)16-18(29-21)17-15(20(27)26-16)14(11-4-3-5-24-8-11)12(7-22)19(23)28-17/h3-6,8,14H,23H2,1-2H3,(H,26,27). The van der Waals surface area contributed by atoms with Gasteiger partial charge in [-0.1, -0.05) is 6.07 Å². The number of fused-ring (bicyclic) bond motifs is 5. The first-order chi connectivity index (χ1) is 14.0. The Morgan fingerprint density at radius 2 is 2.21 bits per heavy atom. The van der Waals surface area contributed by atoms with Crippen molar-refractivity contribution in [1.29, 1.82) is 5.26 Å². The fraction of sp³-hybridized carbons (Fsp3) is 0.143. The Labute approximate surface area is 169 Å². The van der Waals surface area contributed by atoms with Gasteiger partial charge in [0.15, 0.2) is 5.75 Å². The van der Waals surface area contributed by atoms with Crippen molar-refractivity contribution in [2.75, 3.05) is 0 Å². The molecule has 0 fully saturated rings. The van der Waals surface area contributed by atoms with E-state index in [1.54, 1.807) is 18.5 Å². The van der Waals surface area contributed by atoms with Gasteiger partial charge < -0.3 is 15.5 Å². The molecule has 0 aliphatic carbocycles. The van der Waals surface area contributed by atoms with Gasteiger partial charge in [0.25, 0.3) is 5.56 Å².